The lowest BCUT2D eigenvalue weighted by Gasteiger charge is -2.60. The second-order valence-corrected chi connectivity index (χ2v) is 14.3. The highest BCUT2D eigenvalue weighted by atomic mass is 28.3. The van der Waals surface area contributed by atoms with Crippen LogP contribution in [0.2, 0.25) is 18.1 Å². The van der Waals surface area contributed by atoms with Gasteiger partial charge in [0.2, 0.25) is 11.9 Å². The number of aliphatic imine (C=N–C) groups is 1. The molecule has 1 aliphatic rings. The van der Waals surface area contributed by atoms with Crippen LogP contribution in [-0.4, -0.2) is 62.2 Å². The standard InChI is InChI=1S/C29H38N4O6Si/c1-28(2,3)33-23(20-34)29(24(33)35,40(4)5)18-12-13-19-30-25(31-26(36)38-21-14-8-6-9-15-21)32-27(37)39-22-16-10-7-11-17-22/h6-11,14-17,20,23,40H,12-13,18-19H2,1-5H3,(H2,30,31,32,36,37)/t23-,29-/m1/s1. The molecule has 0 aromatic heterocycles. The highest BCUT2D eigenvalue weighted by Gasteiger charge is 2.64. The number of unbranched alkanes of at least 4 members (excludes halogenated alkanes) is 1. The van der Waals surface area contributed by atoms with E-state index in [0.717, 1.165) is 6.29 Å². The van der Waals surface area contributed by atoms with Crippen LogP contribution in [0.4, 0.5) is 9.59 Å². The Bertz CT molecular complexity index is 1220. The number of likely N-dealkylation sites (tertiary alicyclic amines) is 1. The Kier molecular flexibility index (Phi) is 10.2. The Labute approximate surface area is 236 Å². The fourth-order valence-corrected chi connectivity index (χ4v) is 7.28. The number of benzene rings is 2. The summed E-state index contributed by atoms with van der Waals surface area (Å²) < 4.78 is 10.5. The molecule has 1 aliphatic heterocycles. The van der Waals surface area contributed by atoms with Crippen LogP contribution < -0.4 is 20.1 Å². The molecule has 2 aromatic rings. The molecule has 40 heavy (non-hydrogen) atoms. The number of carbonyl (C=O) groups excluding carboxylic acids is 4. The van der Waals surface area contributed by atoms with E-state index < -0.39 is 37.6 Å². The van der Waals surface area contributed by atoms with Gasteiger partial charge in [0.1, 0.15) is 17.8 Å². The molecule has 2 N–H and O–H groups in total. The number of nitrogens with zero attached hydrogens (tertiary/aromatic N) is 2. The molecule has 2 aromatic carbocycles. The van der Waals surface area contributed by atoms with Gasteiger partial charge >= 0.3 is 12.2 Å². The van der Waals surface area contributed by atoms with Gasteiger partial charge in [-0.25, -0.2) is 9.59 Å². The summed E-state index contributed by atoms with van der Waals surface area (Å²) in [6, 6.07) is 16.5. The summed E-state index contributed by atoms with van der Waals surface area (Å²) in [5, 5.41) is 4.80. The van der Waals surface area contributed by atoms with E-state index in [4.69, 9.17) is 9.47 Å². The topological polar surface area (TPSA) is 126 Å². The highest BCUT2D eigenvalue weighted by Crippen LogP contribution is 2.54. The second kappa shape index (κ2) is 13.4. The molecule has 0 bridgehead atoms. The number of ether oxygens (including phenoxy) is 2. The minimum Gasteiger partial charge on any atom is -0.410 e. The van der Waals surface area contributed by atoms with Crippen molar-refractivity contribution in [3.8, 4) is 11.5 Å². The second-order valence-electron chi connectivity index (χ2n) is 11.0. The molecular weight excluding hydrogens is 528 g/mol. The third-order valence-corrected chi connectivity index (χ3v) is 9.88. The third kappa shape index (κ3) is 7.35. The van der Waals surface area contributed by atoms with Crippen molar-refractivity contribution in [2.75, 3.05) is 6.54 Å². The zero-order valence-corrected chi connectivity index (χ0v) is 24.8. The molecular formula is C29H38N4O6Si. The lowest BCUT2D eigenvalue weighted by molar-refractivity contribution is -0.166. The Hall–Kier alpha value is -3.99. The maximum Gasteiger partial charge on any atom is 0.442 e. The summed E-state index contributed by atoms with van der Waals surface area (Å²) in [5.41, 5.74) is -0.420. The largest absolute Gasteiger partial charge is 0.442 e. The first-order chi connectivity index (χ1) is 19.0. The van der Waals surface area contributed by atoms with Crippen molar-refractivity contribution in [1.82, 2.24) is 15.5 Å². The minimum atomic E-state index is -1.54. The maximum atomic E-state index is 13.3. The van der Waals surface area contributed by atoms with Crippen LogP contribution in [0.1, 0.15) is 40.0 Å². The van der Waals surface area contributed by atoms with Gasteiger partial charge in [0.05, 0.1) is 19.9 Å². The van der Waals surface area contributed by atoms with Crippen molar-refractivity contribution in [2.24, 2.45) is 4.99 Å². The van der Waals surface area contributed by atoms with E-state index in [0.29, 0.717) is 37.3 Å². The zero-order chi connectivity index (χ0) is 29.3. The fraction of sp³-hybridized carbons (Fsp3) is 0.414. The molecule has 0 aliphatic carbocycles. The first kappa shape index (κ1) is 30.5. The summed E-state index contributed by atoms with van der Waals surface area (Å²) in [6.45, 7) is 10.4. The van der Waals surface area contributed by atoms with Gasteiger partial charge in [-0.05, 0) is 57.9 Å². The van der Waals surface area contributed by atoms with Crippen LogP contribution in [0.5, 0.6) is 11.5 Å². The Morgan fingerprint density at radius 1 is 1.00 bits per heavy atom. The first-order valence-corrected chi connectivity index (χ1v) is 16.3. The number of guanidine groups is 1. The molecule has 3 rings (SSSR count). The molecule has 10 nitrogen and oxygen atoms in total. The number of hydrogen-bond donors (Lipinski definition) is 2. The van der Waals surface area contributed by atoms with Crippen LogP contribution in [0, 0.1) is 0 Å². The minimum absolute atomic E-state index is 0.0583. The molecule has 11 heteroatoms. The lowest BCUT2D eigenvalue weighted by atomic mass is 9.78. The van der Waals surface area contributed by atoms with Gasteiger partial charge in [-0.2, -0.15) is 0 Å². The van der Waals surface area contributed by atoms with Crippen molar-refractivity contribution in [2.45, 2.75) is 69.7 Å². The monoisotopic (exact) mass is 566 g/mol. The predicted octanol–water partition coefficient (Wildman–Crippen LogP) is 4.53. The van der Waals surface area contributed by atoms with Crippen LogP contribution in [-0.2, 0) is 9.59 Å². The van der Waals surface area contributed by atoms with Gasteiger partial charge in [0, 0.05) is 12.1 Å². The summed E-state index contributed by atoms with van der Waals surface area (Å²) in [5.74, 6) is 0.570. The van der Waals surface area contributed by atoms with E-state index in [1.54, 1.807) is 65.6 Å². The number of nitrogens with one attached hydrogen (secondary N) is 2. The van der Waals surface area contributed by atoms with Crippen LogP contribution in [0.25, 0.3) is 0 Å². The number of rotatable bonds is 9. The van der Waals surface area contributed by atoms with Crippen molar-refractivity contribution in [1.29, 1.82) is 0 Å². The van der Waals surface area contributed by atoms with Gasteiger partial charge in [0.15, 0.2) is 0 Å². The number of para-hydroxylation sites is 2. The van der Waals surface area contributed by atoms with E-state index in [1.165, 1.54) is 0 Å². The van der Waals surface area contributed by atoms with Gasteiger partial charge in [-0.15, -0.1) is 4.99 Å². The average molecular weight is 567 g/mol. The summed E-state index contributed by atoms with van der Waals surface area (Å²) in [7, 11) is -1.54. The molecule has 0 radical (unpaired) electrons. The van der Waals surface area contributed by atoms with Crippen LogP contribution in [0.15, 0.2) is 65.7 Å². The van der Waals surface area contributed by atoms with Gasteiger partial charge < -0.3 is 24.5 Å². The molecule has 214 valence electrons. The van der Waals surface area contributed by atoms with E-state index in [-0.39, 0.29) is 11.9 Å². The molecule has 2 atom stereocenters. The number of β-lactam (4-membered cyclic amide) rings is 1. The summed E-state index contributed by atoms with van der Waals surface area (Å²) in [4.78, 5) is 55.8. The lowest BCUT2D eigenvalue weighted by Crippen LogP contribution is -2.73. The fourth-order valence-electron chi connectivity index (χ4n) is 4.96. The van der Waals surface area contributed by atoms with Crippen molar-refractivity contribution in [3.63, 3.8) is 0 Å². The number of aldehydes is 1. The van der Waals surface area contributed by atoms with Crippen molar-refractivity contribution < 1.29 is 28.7 Å². The van der Waals surface area contributed by atoms with E-state index in [1.807, 2.05) is 20.8 Å². The number of amides is 3. The van der Waals surface area contributed by atoms with E-state index >= 15 is 0 Å². The molecule has 1 fully saturated rings. The molecule has 0 spiro atoms. The molecule has 3 amide bonds. The zero-order valence-electron chi connectivity index (χ0n) is 23.7. The number of hydrogen-bond acceptors (Lipinski definition) is 6. The van der Waals surface area contributed by atoms with Crippen molar-refractivity contribution in [3.05, 3.63) is 60.7 Å². The summed E-state index contributed by atoms with van der Waals surface area (Å²) >= 11 is 0. The van der Waals surface area contributed by atoms with Gasteiger partial charge in [0.25, 0.3) is 0 Å². The molecule has 0 unspecified atom stereocenters. The molecule has 1 heterocycles. The average Bonchev–Trinajstić information content (AvgIpc) is 2.88. The molecule has 1 saturated heterocycles. The van der Waals surface area contributed by atoms with E-state index in [9.17, 15) is 19.2 Å². The molecule has 0 saturated carbocycles. The summed E-state index contributed by atoms with van der Waals surface area (Å²) in [6.07, 6.45) is 1.05. The quantitative estimate of drug-likeness (QED) is 0.114. The first-order valence-electron chi connectivity index (χ1n) is 13.4. The van der Waals surface area contributed by atoms with E-state index in [2.05, 4.69) is 28.7 Å². The van der Waals surface area contributed by atoms with Crippen molar-refractivity contribution >= 4 is 39.1 Å². The van der Waals surface area contributed by atoms with Crippen LogP contribution in [0.3, 0.4) is 0 Å². The smallest absolute Gasteiger partial charge is 0.410 e. The Balaban J connectivity index is 1.62. The maximum absolute atomic E-state index is 13.3. The Morgan fingerprint density at radius 3 is 2.10 bits per heavy atom. The SMILES string of the molecule is C[SiH](C)[C@@]1(CCCCN/C(=N\C(=O)Oc2ccccc2)NC(=O)Oc2ccccc2)C(=O)N(C(C)(C)C)[C@@H]1C=O. The predicted molar refractivity (Wildman–Crippen MR) is 155 cm³/mol. The highest BCUT2D eigenvalue weighted by molar-refractivity contribution is 6.66. The Morgan fingerprint density at radius 2 is 1.57 bits per heavy atom. The van der Waals surface area contributed by atoms with Gasteiger partial charge in [-0.1, -0.05) is 55.9 Å². The number of carbonyl (C=O) groups is 4. The third-order valence-electron chi connectivity index (χ3n) is 6.94. The van der Waals surface area contributed by atoms with Crippen LogP contribution >= 0.6 is 0 Å². The normalized spacial score (nSPS) is 19.1. The van der Waals surface area contributed by atoms with Gasteiger partial charge in [-0.3, -0.25) is 10.1 Å².